The number of hydrogen-bond acceptors (Lipinski definition) is 4. The van der Waals surface area contributed by atoms with Crippen molar-refractivity contribution in [3.05, 3.63) is 23.4 Å². The number of pyridine rings is 1. The van der Waals surface area contributed by atoms with Crippen LogP contribution in [0.3, 0.4) is 0 Å². The highest BCUT2D eigenvalue weighted by Gasteiger charge is 2.19. The summed E-state index contributed by atoms with van der Waals surface area (Å²) in [6.45, 7) is 0.213. The lowest BCUT2D eigenvalue weighted by Crippen LogP contribution is -2.06. The maximum atomic E-state index is 12.5. The lowest BCUT2D eigenvalue weighted by Gasteiger charge is -2.08. The molecular formula is C9H9F2NO3S. The third-order valence-electron chi connectivity index (χ3n) is 1.72. The predicted molar refractivity (Wildman–Crippen MR) is 55.5 cm³/mol. The molecule has 0 saturated carbocycles. The third-order valence-corrected chi connectivity index (χ3v) is 1.90. The first-order chi connectivity index (χ1) is 7.56. The fourth-order valence-electron chi connectivity index (χ4n) is 1.04. The van der Waals surface area contributed by atoms with Crippen LogP contribution in [0.2, 0.25) is 0 Å². The highest BCUT2D eigenvalue weighted by molar-refractivity contribution is 7.80. The van der Waals surface area contributed by atoms with Crippen molar-refractivity contribution >= 4 is 18.6 Å². The monoisotopic (exact) mass is 249 g/mol. The molecule has 0 radical (unpaired) electrons. The molecule has 0 amide bonds. The summed E-state index contributed by atoms with van der Waals surface area (Å²) in [5, 5.41) is 8.66. The lowest BCUT2D eigenvalue weighted by molar-refractivity contribution is 0.0683. The van der Waals surface area contributed by atoms with Crippen LogP contribution in [0.5, 0.6) is 5.88 Å². The Morgan fingerprint density at radius 2 is 2.31 bits per heavy atom. The summed E-state index contributed by atoms with van der Waals surface area (Å²) >= 11 is 3.88. The number of nitrogens with zero attached hydrogens (tertiary/aromatic N) is 1. The van der Waals surface area contributed by atoms with Crippen molar-refractivity contribution in [3.63, 3.8) is 0 Å². The van der Waals surface area contributed by atoms with Gasteiger partial charge in [0.05, 0.1) is 12.2 Å². The van der Waals surface area contributed by atoms with Crippen LogP contribution in [0.15, 0.2) is 12.3 Å². The number of thiol groups is 1. The van der Waals surface area contributed by atoms with Crippen LogP contribution in [-0.2, 0) is 0 Å². The number of aromatic carboxylic acids is 1. The summed E-state index contributed by atoms with van der Waals surface area (Å²) in [7, 11) is 0. The number of carbonyl (C=O) groups is 1. The van der Waals surface area contributed by atoms with Crippen LogP contribution in [0.4, 0.5) is 8.78 Å². The van der Waals surface area contributed by atoms with Gasteiger partial charge in [0.2, 0.25) is 5.88 Å². The molecule has 0 spiro atoms. The van der Waals surface area contributed by atoms with E-state index in [1.165, 1.54) is 0 Å². The van der Waals surface area contributed by atoms with Gasteiger partial charge in [0.1, 0.15) is 0 Å². The van der Waals surface area contributed by atoms with Crippen molar-refractivity contribution in [1.29, 1.82) is 0 Å². The number of alkyl halides is 2. The zero-order valence-corrected chi connectivity index (χ0v) is 8.95. The number of aromatic nitrogens is 1. The SMILES string of the molecule is O=C(O)c1cnc(OCCS)cc1C(F)F. The number of ether oxygens (including phenoxy) is 1. The van der Waals surface area contributed by atoms with Gasteiger partial charge in [0, 0.05) is 23.6 Å². The third kappa shape index (κ3) is 3.06. The second kappa shape index (κ2) is 5.64. The molecule has 4 nitrogen and oxygen atoms in total. The number of halogens is 2. The quantitative estimate of drug-likeness (QED) is 0.784. The van der Waals surface area contributed by atoms with Crippen molar-refractivity contribution in [2.75, 3.05) is 12.4 Å². The van der Waals surface area contributed by atoms with Crippen molar-refractivity contribution in [1.82, 2.24) is 4.98 Å². The fraction of sp³-hybridized carbons (Fsp3) is 0.333. The molecule has 0 aliphatic rings. The maximum Gasteiger partial charge on any atom is 0.337 e. The zero-order chi connectivity index (χ0) is 12.1. The first-order valence-corrected chi connectivity index (χ1v) is 4.94. The van der Waals surface area contributed by atoms with E-state index in [0.717, 1.165) is 12.3 Å². The van der Waals surface area contributed by atoms with Crippen molar-refractivity contribution < 1.29 is 23.4 Å². The molecule has 1 rings (SSSR count). The standard InChI is InChI=1S/C9H9F2NO3S/c10-8(11)5-3-7(15-1-2-16)12-4-6(5)9(13)14/h3-4,8,16H,1-2H2,(H,13,14). The molecule has 1 heterocycles. The van der Waals surface area contributed by atoms with Crippen LogP contribution in [0.1, 0.15) is 22.3 Å². The smallest absolute Gasteiger partial charge is 0.337 e. The largest absolute Gasteiger partial charge is 0.478 e. The predicted octanol–water partition coefficient (Wildman–Crippen LogP) is 2.03. The van der Waals surface area contributed by atoms with Crippen LogP contribution < -0.4 is 4.74 Å². The summed E-state index contributed by atoms with van der Waals surface area (Å²) in [6.07, 6.45) is -2.02. The Morgan fingerprint density at radius 3 is 2.81 bits per heavy atom. The van der Waals surface area contributed by atoms with E-state index in [1.807, 2.05) is 0 Å². The van der Waals surface area contributed by atoms with Crippen LogP contribution >= 0.6 is 12.6 Å². The summed E-state index contributed by atoms with van der Waals surface area (Å²) in [5.41, 5.74) is -1.12. The minimum absolute atomic E-state index is 0.0330. The highest BCUT2D eigenvalue weighted by Crippen LogP contribution is 2.25. The average molecular weight is 249 g/mol. The Morgan fingerprint density at radius 1 is 1.62 bits per heavy atom. The minimum Gasteiger partial charge on any atom is -0.478 e. The van der Waals surface area contributed by atoms with Gasteiger partial charge >= 0.3 is 5.97 Å². The van der Waals surface area contributed by atoms with Crippen molar-refractivity contribution in [2.24, 2.45) is 0 Å². The van der Waals surface area contributed by atoms with Crippen LogP contribution in [0.25, 0.3) is 0 Å². The second-order valence-corrected chi connectivity index (χ2v) is 3.23. The van der Waals surface area contributed by atoms with Gasteiger partial charge in [-0.2, -0.15) is 12.6 Å². The molecule has 0 aliphatic heterocycles. The minimum atomic E-state index is -2.88. The average Bonchev–Trinajstić information content (AvgIpc) is 2.25. The maximum absolute atomic E-state index is 12.5. The van der Waals surface area contributed by atoms with Crippen molar-refractivity contribution in [3.8, 4) is 5.88 Å². The molecule has 0 bridgehead atoms. The first-order valence-electron chi connectivity index (χ1n) is 4.31. The van der Waals surface area contributed by atoms with Gasteiger partial charge in [-0.1, -0.05) is 0 Å². The molecule has 1 N–H and O–H groups in total. The molecular weight excluding hydrogens is 240 g/mol. The summed E-state index contributed by atoms with van der Waals surface area (Å²) in [4.78, 5) is 14.2. The van der Waals surface area contributed by atoms with E-state index in [-0.39, 0.29) is 12.5 Å². The fourth-order valence-corrected chi connectivity index (χ4v) is 1.13. The molecule has 1 aromatic heterocycles. The van der Waals surface area contributed by atoms with Gasteiger partial charge in [-0.25, -0.2) is 18.6 Å². The van der Waals surface area contributed by atoms with Gasteiger partial charge in [-0.05, 0) is 0 Å². The zero-order valence-electron chi connectivity index (χ0n) is 8.06. The Hall–Kier alpha value is -1.37. The number of rotatable bonds is 5. The number of carboxylic acids is 1. The molecule has 0 aliphatic carbocycles. The van der Waals surface area contributed by atoms with Gasteiger partial charge < -0.3 is 9.84 Å². The first kappa shape index (κ1) is 12.7. The van der Waals surface area contributed by atoms with Crippen molar-refractivity contribution in [2.45, 2.75) is 6.43 Å². The summed E-state index contributed by atoms with van der Waals surface area (Å²) < 4.78 is 30.0. The Kier molecular flexibility index (Phi) is 4.48. The molecule has 0 saturated heterocycles. The topological polar surface area (TPSA) is 59.4 Å². The molecule has 0 aromatic carbocycles. The van der Waals surface area contributed by atoms with E-state index < -0.39 is 23.5 Å². The van der Waals surface area contributed by atoms with E-state index in [1.54, 1.807) is 0 Å². The van der Waals surface area contributed by atoms with Crippen LogP contribution in [-0.4, -0.2) is 28.4 Å². The van der Waals surface area contributed by atoms with E-state index >= 15 is 0 Å². The highest BCUT2D eigenvalue weighted by atomic mass is 32.1. The van der Waals surface area contributed by atoms with E-state index in [4.69, 9.17) is 9.84 Å². The Bertz CT molecular complexity index is 387. The van der Waals surface area contributed by atoms with Gasteiger partial charge in [0.15, 0.2) is 0 Å². The molecule has 1 aromatic rings. The molecule has 7 heteroatoms. The van der Waals surface area contributed by atoms with Gasteiger partial charge in [-0.3, -0.25) is 0 Å². The Balaban J connectivity index is 3.02. The lowest BCUT2D eigenvalue weighted by atomic mass is 10.1. The van der Waals surface area contributed by atoms with Crippen LogP contribution in [0, 0.1) is 0 Å². The molecule has 0 atom stereocenters. The molecule has 0 unspecified atom stereocenters. The second-order valence-electron chi connectivity index (χ2n) is 2.79. The molecule has 0 fully saturated rings. The van der Waals surface area contributed by atoms with E-state index in [0.29, 0.717) is 5.75 Å². The number of carboxylic acid groups (broad SMARTS) is 1. The molecule has 16 heavy (non-hydrogen) atoms. The van der Waals surface area contributed by atoms with E-state index in [9.17, 15) is 13.6 Å². The van der Waals surface area contributed by atoms with Gasteiger partial charge in [0.25, 0.3) is 6.43 Å². The normalized spacial score (nSPS) is 10.5. The van der Waals surface area contributed by atoms with E-state index in [2.05, 4.69) is 17.6 Å². The number of hydrogen-bond donors (Lipinski definition) is 2. The summed E-state index contributed by atoms with van der Waals surface area (Å²) in [6, 6.07) is 0.928. The summed E-state index contributed by atoms with van der Waals surface area (Å²) in [5.74, 6) is -1.07. The molecule has 88 valence electrons. The Labute approximate surface area is 95.7 Å². The van der Waals surface area contributed by atoms with Gasteiger partial charge in [-0.15, -0.1) is 0 Å².